The highest BCUT2D eigenvalue weighted by Gasteiger charge is 2.36. The van der Waals surface area contributed by atoms with Crippen molar-refractivity contribution in [1.82, 2.24) is 0 Å². The van der Waals surface area contributed by atoms with E-state index in [4.69, 9.17) is 34.7 Å². The van der Waals surface area contributed by atoms with E-state index in [1.165, 1.54) is 9.80 Å². The maximum atomic E-state index is 11.2. The van der Waals surface area contributed by atoms with Crippen LogP contribution in [-0.4, -0.2) is 81.3 Å². The number of aliphatic hydroxyl groups excluding tert-OH is 1. The van der Waals surface area contributed by atoms with Crippen LogP contribution in [0.5, 0.6) is 11.5 Å². The smallest absolute Gasteiger partial charge is 0.201 e. The summed E-state index contributed by atoms with van der Waals surface area (Å²) in [5.41, 5.74) is 5.70. The number of ether oxygens (including phenoxy) is 2. The molecule has 4 radical (unpaired) electrons. The number of carbonyl (C=O) groups is 2. The van der Waals surface area contributed by atoms with Crippen LogP contribution in [0.2, 0.25) is 18.1 Å². The molecule has 4 aromatic carbocycles. The van der Waals surface area contributed by atoms with Gasteiger partial charge in [-0.2, -0.15) is 0 Å². The third-order valence-electron chi connectivity index (χ3n) is 8.90. The van der Waals surface area contributed by atoms with Crippen LogP contribution in [0.15, 0.2) is 97.1 Å². The number of hydrogen-bond acceptors (Lipinski definition) is 6. The third kappa shape index (κ3) is 14.3. The standard InChI is InChI=1S/C24H32BNO3Si.C18H18BNO3/c1-24(2,3)30(5,6)29-18-17-28-22-15-11-20(12-16-22)8-7-19-9-13-21(14-10-19)26(4)23(25)27;1-20(18(19)22)16-8-4-14(5-9-16)2-3-15-6-10-17(11-7-15)23-13-12-21/h7-16H,17-18H2,1-6H3;2-11,21H,12-13H2,1H3/b8-7+;3-2+. The quantitative estimate of drug-likeness (QED) is 0.0793. The number of carbonyl (C=O) groups excluding carboxylic acids is 2. The normalized spacial score (nSPS) is 11.5. The maximum Gasteiger partial charge on any atom is 0.201 e. The SMILES string of the molecule is [B]C(=O)N(C)c1ccc(/C=C/c2ccc(OCCO)cc2)cc1.[B]C(=O)N(C)c1ccc(/C=C/c2ccc(OCCO[Si](C)(C)C(C)(C)C)cc2)cc1. The van der Waals surface area contributed by atoms with Crippen molar-refractivity contribution >= 4 is 71.3 Å². The number of hydrogen-bond donors (Lipinski definition) is 1. The molecule has 0 atom stereocenters. The molecular weight excluding hydrogens is 678 g/mol. The van der Waals surface area contributed by atoms with E-state index in [0.717, 1.165) is 45.1 Å². The molecule has 274 valence electrons. The van der Waals surface area contributed by atoms with Gasteiger partial charge in [0.25, 0.3) is 0 Å². The topological polar surface area (TPSA) is 88.5 Å². The van der Waals surface area contributed by atoms with E-state index < -0.39 is 19.9 Å². The van der Waals surface area contributed by atoms with E-state index in [2.05, 4.69) is 33.9 Å². The molecule has 0 saturated heterocycles. The van der Waals surface area contributed by atoms with Crippen LogP contribution in [0.3, 0.4) is 0 Å². The van der Waals surface area contributed by atoms with Gasteiger partial charge in [-0.15, -0.1) is 0 Å². The molecule has 53 heavy (non-hydrogen) atoms. The number of nitrogens with zero attached hydrogens (tertiary/aromatic N) is 2. The van der Waals surface area contributed by atoms with Crippen LogP contribution in [0.1, 0.15) is 43.0 Å². The van der Waals surface area contributed by atoms with Crippen molar-refractivity contribution in [3.8, 4) is 11.5 Å². The van der Waals surface area contributed by atoms with Gasteiger partial charge in [0, 0.05) is 25.5 Å². The predicted molar refractivity (Wildman–Crippen MR) is 224 cm³/mol. The van der Waals surface area contributed by atoms with Gasteiger partial charge in [-0.3, -0.25) is 9.59 Å². The van der Waals surface area contributed by atoms with Crippen molar-refractivity contribution in [3.05, 3.63) is 119 Å². The van der Waals surface area contributed by atoms with Crippen LogP contribution in [0, 0.1) is 0 Å². The molecule has 1 N–H and O–H groups in total. The van der Waals surface area contributed by atoms with E-state index in [9.17, 15) is 9.59 Å². The number of rotatable bonds is 14. The predicted octanol–water partition coefficient (Wildman–Crippen LogP) is 8.94. The second kappa shape index (κ2) is 20.4. The lowest BCUT2D eigenvalue weighted by molar-refractivity contribution is 0.201. The fourth-order valence-corrected chi connectivity index (χ4v) is 5.47. The van der Waals surface area contributed by atoms with Crippen molar-refractivity contribution in [3.63, 3.8) is 0 Å². The molecule has 8 nitrogen and oxygen atoms in total. The fraction of sp³-hybridized carbons (Fsp3) is 0.286. The summed E-state index contributed by atoms with van der Waals surface area (Å²) in [5, 5.41) is 8.92. The molecule has 11 heteroatoms. The Morgan fingerprint density at radius 2 is 0.925 bits per heavy atom. The average molecular weight is 729 g/mol. The summed E-state index contributed by atoms with van der Waals surface area (Å²) in [6.07, 6.45) is 8.04. The molecule has 0 aliphatic rings. The first-order valence-electron chi connectivity index (χ1n) is 17.4. The number of benzene rings is 4. The van der Waals surface area contributed by atoms with Crippen LogP contribution in [0.25, 0.3) is 24.3 Å². The lowest BCUT2D eigenvalue weighted by atomic mass is 10.1. The van der Waals surface area contributed by atoms with Gasteiger partial charge in [-0.1, -0.05) is 93.6 Å². The van der Waals surface area contributed by atoms with Crippen LogP contribution in [0.4, 0.5) is 21.0 Å². The first-order valence-corrected chi connectivity index (χ1v) is 20.3. The Morgan fingerprint density at radius 3 is 1.23 bits per heavy atom. The minimum Gasteiger partial charge on any atom is -0.491 e. The van der Waals surface area contributed by atoms with Gasteiger partial charge < -0.3 is 28.8 Å². The Labute approximate surface area is 319 Å². The van der Waals surface area contributed by atoms with E-state index in [0.29, 0.717) is 19.8 Å². The Kier molecular flexibility index (Phi) is 16.4. The van der Waals surface area contributed by atoms with Gasteiger partial charge in [-0.05, 0) is 88.9 Å². The first-order chi connectivity index (χ1) is 25.1. The Balaban J connectivity index is 0.000000295. The van der Waals surface area contributed by atoms with Crippen LogP contribution >= 0.6 is 0 Å². The second-order valence-electron chi connectivity index (χ2n) is 13.8. The lowest BCUT2D eigenvalue weighted by Gasteiger charge is -2.36. The monoisotopic (exact) mass is 728 g/mol. The highest BCUT2D eigenvalue weighted by molar-refractivity contribution is 6.74. The molecule has 0 unspecified atom stereocenters. The zero-order chi connectivity index (χ0) is 39.0. The molecule has 0 aromatic heterocycles. The summed E-state index contributed by atoms with van der Waals surface area (Å²) in [7, 11) is 12.1. The Morgan fingerprint density at radius 1 is 0.604 bits per heavy atom. The van der Waals surface area contributed by atoms with Crippen molar-refractivity contribution in [2.45, 2.75) is 38.9 Å². The van der Waals surface area contributed by atoms with Crippen molar-refractivity contribution in [2.24, 2.45) is 0 Å². The highest BCUT2D eigenvalue weighted by atomic mass is 28.4. The molecule has 0 aliphatic carbocycles. The van der Waals surface area contributed by atoms with Crippen LogP contribution in [-0.2, 0) is 4.43 Å². The molecule has 0 saturated carbocycles. The summed E-state index contributed by atoms with van der Waals surface area (Å²) in [4.78, 5) is 25.1. The number of aliphatic hydroxyl groups is 1. The lowest BCUT2D eigenvalue weighted by Crippen LogP contribution is -2.41. The maximum absolute atomic E-state index is 11.2. The zero-order valence-corrected chi connectivity index (χ0v) is 32.9. The minimum atomic E-state index is -1.73. The third-order valence-corrected chi connectivity index (χ3v) is 13.4. The minimum absolute atomic E-state index is 0.00257. The van der Waals surface area contributed by atoms with Crippen LogP contribution < -0.4 is 19.3 Å². The van der Waals surface area contributed by atoms with Gasteiger partial charge in [0.05, 0.1) is 13.2 Å². The molecule has 0 heterocycles. The zero-order valence-electron chi connectivity index (χ0n) is 31.9. The van der Waals surface area contributed by atoms with Crippen molar-refractivity contribution < 1.29 is 28.6 Å². The highest BCUT2D eigenvalue weighted by Crippen LogP contribution is 2.36. The Bertz CT molecular complexity index is 1790. The van der Waals surface area contributed by atoms with Crippen molar-refractivity contribution in [2.75, 3.05) is 50.3 Å². The fourth-order valence-electron chi connectivity index (χ4n) is 4.44. The van der Waals surface area contributed by atoms with Gasteiger partial charge in [0.2, 0.25) is 15.7 Å². The molecule has 4 rings (SSSR count). The number of amides is 2. The van der Waals surface area contributed by atoms with Gasteiger partial charge in [0.15, 0.2) is 19.9 Å². The molecule has 4 aromatic rings. The molecular formula is C42H50B2N2O6Si. The summed E-state index contributed by atoms with van der Waals surface area (Å²) < 4.78 is 17.3. The summed E-state index contributed by atoms with van der Waals surface area (Å²) in [6, 6.07) is 30.8. The van der Waals surface area contributed by atoms with E-state index >= 15 is 0 Å². The average Bonchev–Trinajstić information content (AvgIpc) is 3.14. The second-order valence-corrected chi connectivity index (χ2v) is 18.6. The molecule has 0 spiro atoms. The molecule has 0 bridgehead atoms. The molecule has 0 aliphatic heterocycles. The summed E-state index contributed by atoms with van der Waals surface area (Å²) in [5.74, 6) is 0.601. The largest absolute Gasteiger partial charge is 0.491 e. The molecule has 2 amide bonds. The Hall–Kier alpha value is -4.83. The molecule has 0 fully saturated rings. The van der Waals surface area contributed by atoms with Crippen molar-refractivity contribution in [1.29, 1.82) is 0 Å². The van der Waals surface area contributed by atoms with E-state index in [1.54, 1.807) is 14.1 Å². The van der Waals surface area contributed by atoms with Gasteiger partial charge >= 0.3 is 0 Å². The van der Waals surface area contributed by atoms with Gasteiger partial charge in [0.1, 0.15) is 24.7 Å². The summed E-state index contributed by atoms with van der Waals surface area (Å²) in [6.45, 7) is 12.7. The summed E-state index contributed by atoms with van der Waals surface area (Å²) >= 11 is 0. The van der Waals surface area contributed by atoms with E-state index in [1.807, 2.05) is 121 Å². The van der Waals surface area contributed by atoms with Gasteiger partial charge in [-0.25, -0.2) is 0 Å². The number of anilines is 2. The first kappa shape index (κ1) is 42.6. The van der Waals surface area contributed by atoms with E-state index in [-0.39, 0.29) is 11.6 Å².